The molecule has 82 valence electrons. The molecule has 0 radical (unpaired) electrons. The molecule has 2 rings (SSSR count). The minimum Gasteiger partial charge on any atom is -0.465 e. The van der Waals surface area contributed by atoms with Crippen LogP contribution < -0.4 is 5.32 Å². The Morgan fingerprint density at radius 3 is 3.00 bits per heavy atom. The molecule has 1 aromatic rings. The van der Waals surface area contributed by atoms with Crippen molar-refractivity contribution in [3.63, 3.8) is 0 Å². The lowest BCUT2D eigenvalue weighted by atomic mass is 10.1. The van der Waals surface area contributed by atoms with E-state index in [2.05, 4.69) is 5.32 Å². The van der Waals surface area contributed by atoms with Crippen LogP contribution in [0, 0.1) is 0 Å². The summed E-state index contributed by atoms with van der Waals surface area (Å²) in [5.74, 6) is -0.203. The second-order valence-electron chi connectivity index (χ2n) is 3.58. The Kier molecular flexibility index (Phi) is 2.95. The number of carbonyl (C=O) groups excluding carboxylic acids is 1. The Labute approximate surface area is 93.4 Å². The topological polar surface area (TPSA) is 38.3 Å². The molecule has 0 amide bonds. The van der Waals surface area contributed by atoms with Gasteiger partial charge in [-0.05, 0) is 31.7 Å². The molecule has 0 unspecified atom stereocenters. The summed E-state index contributed by atoms with van der Waals surface area (Å²) in [6, 6.07) is 0. The van der Waals surface area contributed by atoms with E-state index in [0.717, 1.165) is 36.4 Å². The Balaban J connectivity index is 2.42. The molecule has 0 saturated carbocycles. The van der Waals surface area contributed by atoms with Gasteiger partial charge in [0.25, 0.3) is 0 Å². The third kappa shape index (κ3) is 1.74. The largest absolute Gasteiger partial charge is 0.465 e. The number of fused-ring (bicyclic) bond motifs is 1. The van der Waals surface area contributed by atoms with Gasteiger partial charge in [0.15, 0.2) is 0 Å². The van der Waals surface area contributed by atoms with E-state index >= 15 is 0 Å². The number of esters is 1. The summed E-state index contributed by atoms with van der Waals surface area (Å²) < 4.78 is 4.83. The Morgan fingerprint density at radius 2 is 2.33 bits per heavy atom. The van der Waals surface area contributed by atoms with E-state index in [4.69, 9.17) is 4.74 Å². The Hall–Kier alpha value is -1.03. The first-order valence-electron chi connectivity index (χ1n) is 5.24. The number of methoxy groups -OCH3 is 1. The lowest BCUT2D eigenvalue weighted by Crippen LogP contribution is -2.07. The molecule has 1 aliphatic rings. The summed E-state index contributed by atoms with van der Waals surface area (Å²) in [5.41, 5.74) is 1.99. The number of anilines is 1. The third-order valence-electron chi connectivity index (χ3n) is 2.65. The van der Waals surface area contributed by atoms with Gasteiger partial charge in [0.1, 0.15) is 5.00 Å². The molecule has 4 heteroatoms. The van der Waals surface area contributed by atoms with E-state index in [-0.39, 0.29) is 5.97 Å². The van der Waals surface area contributed by atoms with Gasteiger partial charge in [-0.3, -0.25) is 0 Å². The number of hydrogen-bond acceptors (Lipinski definition) is 4. The number of ether oxygens (including phenoxy) is 1. The minimum atomic E-state index is -0.203. The first-order valence-corrected chi connectivity index (χ1v) is 6.06. The van der Waals surface area contributed by atoms with Gasteiger partial charge in [-0.1, -0.05) is 0 Å². The van der Waals surface area contributed by atoms with Gasteiger partial charge >= 0.3 is 5.97 Å². The molecule has 1 N–H and O–H groups in total. The molecule has 1 heterocycles. The van der Waals surface area contributed by atoms with Crippen molar-refractivity contribution in [1.82, 2.24) is 0 Å². The van der Waals surface area contributed by atoms with E-state index in [9.17, 15) is 4.79 Å². The highest BCUT2D eigenvalue weighted by molar-refractivity contribution is 7.16. The first-order chi connectivity index (χ1) is 7.27. The molecule has 1 aliphatic carbocycles. The van der Waals surface area contributed by atoms with Crippen molar-refractivity contribution in [3.8, 4) is 0 Å². The summed E-state index contributed by atoms with van der Waals surface area (Å²) in [5, 5.41) is 4.22. The first kappa shape index (κ1) is 10.5. The van der Waals surface area contributed by atoms with Crippen LogP contribution in [-0.4, -0.2) is 19.6 Å². The summed E-state index contributed by atoms with van der Waals surface area (Å²) >= 11 is 1.70. The van der Waals surface area contributed by atoms with Crippen LogP contribution in [0.1, 0.15) is 34.1 Å². The Bertz CT molecular complexity index is 384. The predicted octanol–water partition coefficient (Wildman–Crippen LogP) is 2.46. The molecular formula is C11H15NO2S. The number of carbonyl (C=O) groups is 1. The highest BCUT2D eigenvalue weighted by Gasteiger charge is 2.26. The quantitative estimate of drug-likeness (QED) is 0.803. The van der Waals surface area contributed by atoms with E-state index in [1.54, 1.807) is 11.3 Å². The average molecular weight is 225 g/mol. The van der Waals surface area contributed by atoms with Gasteiger partial charge in [0.05, 0.1) is 12.7 Å². The molecule has 0 spiro atoms. The summed E-state index contributed by atoms with van der Waals surface area (Å²) in [6.07, 6.45) is 3.29. The van der Waals surface area contributed by atoms with Crippen molar-refractivity contribution in [2.45, 2.75) is 26.2 Å². The number of aryl methyl sites for hydroxylation is 1. The van der Waals surface area contributed by atoms with Crippen LogP contribution in [0.15, 0.2) is 0 Å². The van der Waals surface area contributed by atoms with Crippen molar-refractivity contribution in [3.05, 3.63) is 16.0 Å². The molecule has 15 heavy (non-hydrogen) atoms. The van der Waals surface area contributed by atoms with Crippen LogP contribution in [-0.2, 0) is 17.6 Å². The van der Waals surface area contributed by atoms with Crippen LogP contribution in [0.25, 0.3) is 0 Å². The normalized spacial score (nSPS) is 13.7. The van der Waals surface area contributed by atoms with Gasteiger partial charge < -0.3 is 10.1 Å². The molecule has 0 fully saturated rings. The standard InChI is InChI=1S/C11H15NO2S/c1-3-12-10-9(11(13)14-2)7-5-4-6-8(7)15-10/h12H,3-6H2,1-2H3. The average Bonchev–Trinajstić information content (AvgIpc) is 2.77. The Morgan fingerprint density at radius 1 is 1.53 bits per heavy atom. The highest BCUT2D eigenvalue weighted by Crippen LogP contribution is 2.39. The molecule has 0 bridgehead atoms. The van der Waals surface area contributed by atoms with Gasteiger partial charge in [-0.15, -0.1) is 11.3 Å². The molecule has 0 aliphatic heterocycles. The maximum Gasteiger partial charge on any atom is 0.341 e. The zero-order valence-corrected chi connectivity index (χ0v) is 9.87. The van der Waals surface area contributed by atoms with Crippen molar-refractivity contribution >= 4 is 22.3 Å². The monoisotopic (exact) mass is 225 g/mol. The van der Waals surface area contributed by atoms with Gasteiger partial charge in [0.2, 0.25) is 0 Å². The minimum absolute atomic E-state index is 0.203. The van der Waals surface area contributed by atoms with Crippen LogP contribution in [0.3, 0.4) is 0 Å². The number of hydrogen-bond donors (Lipinski definition) is 1. The number of rotatable bonds is 3. The van der Waals surface area contributed by atoms with Crippen LogP contribution in [0.5, 0.6) is 0 Å². The van der Waals surface area contributed by atoms with E-state index < -0.39 is 0 Å². The summed E-state index contributed by atoms with van der Waals surface area (Å²) in [7, 11) is 1.44. The SMILES string of the molecule is CCNc1sc2c(c1C(=O)OC)CCC2. The number of nitrogens with one attached hydrogen (secondary N) is 1. The smallest absolute Gasteiger partial charge is 0.341 e. The fourth-order valence-corrected chi connectivity index (χ4v) is 3.35. The maximum atomic E-state index is 11.7. The fraction of sp³-hybridized carbons (Fsp3) is 0.545. The molecule has 0 aromatic carbocycles. The zero-order chi connectivity index (χ0) is 10.8. The van der Waals surface area contributed by atoms with Crippen molar-refractivity contribution < 1.29 is 9.53 Å². The molecule has 3 nitrogen and oxygen atoms in total. The number of thiophene rings is 1. The molecule has 0 atom stereocenters. The van der Waals surface area contributed by atoms with E-state index in [1.807, 2.05) is 6.92 Å². The van der Waals surface area contributed by atoms with Crippen LogP contribution in [0.4, 0.5) is 5.00 Å². The van der Waals surface area contributed by atoms with Gasteiger partial charge in [-0.25, -0.2) is 4.79 Å². The molecule has 0 saturated heterocycles. The van der Waals surface area contributed by atoms with E-state index in [1.165, 1.54) is 17.6 Å². The fourth-order valence-electron chi connectivity index (χ4n) is 2.01. The van der Waals surface area contributed by atoms with Crippen LogP contribution in [0.2, 0.25) is 0 Å². The van der Waals surface area contributed by atoms with Crippen LogP contribution >= 0.6 is 11.3 Å². The predicted molar refractivity (Wildman–Crippen MR) is 61.8 cm³/mol. The summed E-state index contributed by atoms with van der Waals surface area (Å²) in [4.78, 5) is 13.0. The zero-order valence-electron chi connectivity index (χ0n) is 9.05. The lowest BCUT2D eigenvalue weighted by molar-refractivity contribution is 0.0601. The molecule has 1 aromatic heterocycles. The van der Waals surface area contributed by atoms with Crippen molar-refractivity contribution in [1.29, 1.82) is 0 Å². The van der Waals surface area contributed by atoms with Crippen molar-refractivity contribution in [2.24, 2.45) is 0 Å². The highest BCUT2D eigenvalue weighted by atomic mass is 32.1. The second kappa shape index (κ2) is 4.23. The van der Waals surface area contributed by atoms with Gasteiger partial charge in [-0.2, -0.15) is 0 Å². The van der Waals surface area contributed by atoms with E-state index in [0.29, 0.717) is 0 Å². The molecular weight excluding hydrogens is 210 g/mol. The lowest BCUT2D eigenvalue weighted by Gasteiger charge is -2.05. The second-order valence-corrected chi connectivity index (χ2v) is 4.69. The maximum absolute atomic E-state index is 11.7. The van der Waals surface area contributed by atoms with Gasteiger partial charge in [0, 0.05) is 11.4 Å². The third-order valence-corrected chi connectivity index (χ3v) is 3.90. The summed E-state index contributed by atoms with van der Waals surface area (Å²) in [6.45, 7) is 2.87. The van der Waals surface area contributed by atoms with Crippen molar-refractivity contribution in [2.75, 3.05) is 19.0 Å².